The molecular formula is C21H23N5O2S. The van der Waals surface area contributed by atoms with E-state index in [0.717, 1.165) is 11.1 Å². The lowest BCUT2D eigenvalue weighted by atomic mass is 10.1. The van der Waals surface area contributed by atoms with Gasteiger partial charge in [0.2, 0.25) is 0 Å². The first-order valence-corrected chi connectivity index (χ1v) is 10.2. The summed E-state index contributed by atoms with van der Waals surface area (Å²) in [5.74, 6) is 1.06. The minimum absolute atomic E-state index is 0.183. The van der Waals surface area contributed by atoms with Gasteiger partial charge in [0.15, 0.2) is 5.82 Å². The number of benzene rings is 2. The van der Waals surface area contributed by atoms with Gasteiger partial charge < -0.3 is 9.64 Å². The van der Waals surface area contributed by atoms with Crippen molar-refractivity contribution in [2.75, 3.05) is 20.4 Å². The number of methoxy groups -OCH3 is 1. The van der Waals surface area contributed by atoms with Crippen LogP contribution in [0.2, 0.25) is 0 Å². The third kappa shape index (κ3) is 5.03. The van der Waals surface area contributed by atoms with Gasteiger partial charge in [-0.25, -0.2) is 0 Å². The Balaban J connectivity index is 1.91. The topological polar surface area (TPSA) is 73.1 Å². The molecular weight excluding hydrogens is 386 g/mol. The number of hydrogen-bond donors (Lipinski definition) is 0. The van der Waals surface area contributed by atoms with Crippen LogP contribution in [0.1, 0.15) is 17.0 Å². The normalized spacial score (nSPS) is 11.4. The molecule has 0 fully saturated rings. The molecule has 2 aromatic carbocycles. The van der Waals surface area contributed by atoms with Crippen LogP contribution in [0.25, 0.3) is 11.8 Å². The first-order chi connectivity index (χ1) is 14.0. The lowest BCUT2D eigenvalue weighted by Crippen LogP contribution is -2.29. The zero-order chi connectivity index (χ0) is 20.8. The van der Waals surface area contributed by atoms with Crippen LogP contribution in [0.4, 0.5) is 0 Å². The number of aryl methyl sites for hydroxylation is 1. The number of thioether (sulfide) groups is 1. The maximum absolute atomic E-state index is 13.3. The summed E-state index contributed by atoms with van der Waals surface area (Å²) in [4.78, 5) is 16.1. The summed E-state index contributed by atoms with van der Waals surface area (Å²) >= 11 is 1.69. The van der Waals surface area contributed by atoms with Gasteiger partial charge in [-0.15, -0.1) is 16.9 Å². The average molecular weight is 410 g/mol. The third-order valence-corrected chi connectivity index (χ3v) is 5.14. The molecule has 3 aromatic rings. The number of aromatic nitrogens is 4. The minimum atomic E-state index is -0.183. The third-order valence-electron chi connectivity index (χ3n) is 4.40. The number of ether oxygens (including phenoxy) is 1. The molecule has 1 amide bonds. The van der Waals surface area contributed by atoms with Crippen molar-refractivity contribution in [2.45, 2.75) is 18.4 Å². The second-order valence-electron chi connectivity index (χ2n) is 6.45. The SMILES string of the molecule is COc1cccc(/C=C(/C(=O)N(C)Cc2ccc(SC)cc2)n2nnnc2C)c1. The average Bonchev–Trinajstić information content (AvgIpc) is 3.17. The Morgan fingerprint density at radius 1 is 1.24 bits per heavy atom. The van der Waals surface area contributed by atoms with Gasteiger partial charge in [0, 0.05) is 18.5 Å². The molecule has 0 bridgehead atoms. The fraction of sp³-hybridized carbons (Fsp3) is 0.238. The molecule has 7 nitrogen and oxygen atoms in total. The highest BCUT2D eigenvalue weighted by atomic mass is 32.2. The number of amides is 1. The molecule has 150 valence electrons. The lowest BCUT2D eigenvalue weighted by Gasteiger charge is -2.19. The Morgan fingerprint density at radius 2 is 2.00 bits per heavy atom. The van der Waals surface area contributed by atoms with E-state index in [1.165, 1.54) is 9.58 Å². The van der Waals surface area contributed by atoms with E-state index in [0.29, 0.717) is 23.8 Å². The van der Waals surface area contributed by atoms with E-state index in [9.17, 15) is 4.79 Å². The van der Waals surface area contributed by atoms with Gasteiger partial charge in [-0.3, -0.25) is 4.79 Å². The van der Waals surface area contributed by atoms with E-state index >= 15 is 0 Å². The van der Waals surface area contributed by atoms with Crippen molar-refractivity contribution in [1.29, 1.82) is 0 Å². The summed E-state index contributed by atoms with van der Waals surface area (Å²) in [7, 11) is 3.38. The van der Waals surface area contributed by atoms with Gasteiger partial charge in [-0.1, -0.05) is 24.3 Å². The smallest absolute Gasteiger partial charge is 0.272 e. The molecule has 8 heteroatoms. The van der Waals surface area contributed by atoms with Crippen LogP contribution in [-0.2, 0) is 11.3 Å². The fourth-order valence-electron chi connectivity index (χ4n) is 2.83. The van der Waals surface area contributed by atoms with E-state index in [2.05, 4.69) is 27.7 Å². The monoisotopic (exact) mass is 409 g/mol. The molecule has 3 rings (SSSR count). The van der Waals surface area contributed by atoms with Crippen LogP contribution in [-0.4, -0.2) is 51.4 Å². The van der Waals surface area contributed by atoms with E-state index in [1.54, 1.807) is 43.8 Å². The fourth-order valence-corrected chi connectivity index (χ4v) is 3.24. The first kappa shape index (κ1) is 20.6. The predicted molar refractivity (Wildman–Crippen MR) is 114 cm³/mol. The number of carbonyl (C=O) groups excluding carboxylic acids is 1. The lowest BCUT2D eigenvalue weighted by molar-refractivity contribution is -0.124. The summed E-state index contributed by atoms with van der Waals surface area (Å²) < 4.78 is 6.74. The van der Waals surface area contributed by atoms with Crippen molar-refractivity contribution in [1.82, 2.24) is 25.1 Å². The summed E-state index contributed by atoms with van der Waals surface area (Å²) in [5, 5.41) is 11.6. The molecule has 29 heavy (non-hydrogen) atoms. The maximum atomic E-state index is 13.3. The highest BCUT2D eigenvalue weighted by Crippen LogP contribution is 2.20. The van der Waals surface area contributed by atoms with E-state index < -0.39 is 0 Å². The van der Waals surface area contributed by atoms with Gasteiger partial charge in [-0.2, -0.15) is 4.68 Å². The highest BCUT2D eigenvalue weighted by molar-refractivity contribution is 7.98. The van der Waals surface area contributed by atoms with Crippen LogP contribution >= 0.6 is 11.8 Å². The van der Waals surface area contributed by atoms with Gasteiger partial charge in [0.25, 0.3) is 5.91 Å². The molecule has 0 saturated carbocycles. The quantitative estimate of drug-likeness (QED) is 0.440. The molecule has 0 aliphatic carbocycles. The van der Waals surface area contributed by atoms with Crippen LogP contribution in [0.3, 0.4) is 0 Å². The number of tetrazole rings is 1. The Labute approximate surface area is 174 Å². The summed E-state index contributed by atoms with van der Waals surface area (Å²) in [6, 6.07) is 15.6. The molecule has 0 saturated heterocycles. The van der Waals surface area contributed by atoms with Crippen molar-refractivity contribution in [2.24, 2.45) is 0 Å². The number of nitrogens with zero attached hydrogens (tertiary/aromatic N) is 5. The molecule has 0 aliphatic heterocycles. The van der Waals surface area contributed by atoms with Gasteiger partial charge in [0.1, 0.15) is 11.4 Å². The van der Waals surface area contributed by atoms with Gasteiger partial charge in [-0.05, 0) is 65.1 Å². The maximum Gasteiger partial charge on any atom is 0.272 e. The molecule has 0 atom stereocenters. The number of carbonyl (C=O) groups is 1. The number of rotatable bonds is 7. The Hall–Kier alpha value is -3.13. The molecule has 0 aliphatic rings. The Bertz CT molecular complexity index is 1010. The summed E-state index contributed by atoms with van der Waals surface area (Å²) in [6.45, 7) is 2.23. The zero-order valence-corrected chi connectivity index (χ0v) is 17.7. The molecule has 0 unspecified atom stereocenters. The summed E-state index contributed by atoms with van der Waals surface area (Å²) in [5.41, 5.74) is 2.23. The van der Waals surface area contributed by atoms with Gasteiger partial charge >= 0.3 is 0 Å². The second-order valence-corrected chi connectivity index (χ2v) is 7.33. The van der Waals surface area contributed by atoms with E-state index in [-0.39, 0.29) is 5.91 Å². The van der Waals surface area contributed by atoms with Gasteiger partial charge in [0.05, 0.1) is 7.11 Å². The first-order valence-electron chi connectivity index (χ1n) is 9.01. The second kappa shape index (κ2) is 9.38. The highest BCUT2D eigenvalue weighted by Gasteiger charge is 2.20. The Kier molecular flexibility index (Phi) is 6.66. The summed E-state index contributed by atoms with van der Waals surface area (Å²) in [6.07, 6.45) is 3.80. The van der Waals surface area contributed by atoms with Crippen molar-refractivity contribution in [3.05, 3.63) is 65.5 Å². The van der Waals surface area contributed by atoms with Crippen molar-refractivity contribution in [3.63, 3.8) is 0 Å². The van der Waals surface area contributed by atoms with Crippen LogP contribution in [0.5, 0.6) is 5.75 Å². The number of hydrogen-bond acceptors (Lipinski definition) is 6. The van der Waals surface area contributed by atoms with Crippen LogP contribution in [0.15, 0.2) is 53.4 Å². The molecule has 1 heterocycles. The van der Waals surface area contributed by atoms with Crippen molar-refractivity contribution >= 4 is 29.4 Å². The zero-order valence-electron chi connectivity index (χ0n) is 16.9. The van der Waals surface area contributed by atoms with Crippen LogP contribution in [0, 0.1) is 6.92 Å². The molecule has 0 N–H and O–H groups in total. The molecule has 1 aromatic heterocycles. The predicted octanol–water partition coefficient (Wildman–Crippen LogP) is 3.37. The van der Waals surface area contributed by atoms with Crippen molar-refractivity contribution in [3.8, 4) is 5.75 Å². The molecule has 0 radical (unpaired) electrons. The number of likely N-dealkylation sites (N-methyl/N-ethyl adjacent to an activating group) is 1. The van der Waals surface area contributed by atoms with E-state index in [4.69, 9.17) is 4.74 Å². The van der Waals surface area contributed by atoms with E-state index in [1.807, 2.05) is 42.7 Å². The minimum Gasteiger partial charge on any atom is -0.497 e. The largest absolute Gasteiger partial charge is 0.497 e. The van der Waals surface area contributed by atoms with Crippen molar-refractivity contribution < 1.29 is 9.53 Å². The van der Waals surface area contributed by atoms with Crippen LogP contribution < -0.4 is 4.74 Å². The Morgan fingerprint density at radius 3 is 2.62 bits per heavy atom. The standard InChI is InChI=1S/C21H23N5O2S/c1-15-22-23-24-26(15)20(13-17-6-5-7-18(12-17)28-3)21(27)25(2)14-16-8-10-19(29-4)11-9-16/h5-13H,14H2,1-4H3/b20-13-. The molecule has 0 spiro atoms.